The first-order valence-corrected chi connectivity index (χ1v) is 7.69. The normalized spacial score (nSPS) is 30.7. The Kier molecular flexibility index (Phi) is 3.90. The minimum atomic E-state index is -0.239. The van der Waals surface area contributed by atoms with Crippen LogP contribution in [-0.4, -0.2) is 51.9 Å². The van der Waals surface area contributed by atoms with Crippen molar-refractivity contribution in [1.82, 2.24) is 9.80 Å². The minimum absolute atomic E-state index is 0.106. The van der Waals surface area contributed by atoms with Crippen molar-refractivity contribution in [2.75, 3.05) is 19.3 Å². The van der Waals surface area contributed by atoms with Gasteiger partial charge in [0.1, 0.15) is 6.04 Å². The van der Waals surface area contributed by atoms with Gasteiger partial charge in [0.05, 0.1) is 4.87 Å². The van der Waals surface area contributed by atoms with Crippen molar-refractivity contribution in [3.8, 4) is 0 Å². The van der Waals surface area contributed by atoms with E-state index >= 15 is 0 Å². The molecule has 2 aliphatic heterocycles. The van der Waals surface area contributed by atoms with Crippen LogP contribution in [-0.2, 0) is 9.59 Å². The number of rotatable bonds is 4. The zero-order valence-electron chi connectivity index (χ0n) is 11.4. The Balaban J connectivity index is 2.05. The summed E-state index contributed by atoms with van der Waals surface area (Å²) in [6.07, 6.45) is 3.57. The molecule has 18 heavy (non-hydrogen) atoms. The van der Waals surface area contributed by atoms with Crippen molar-refractivity contribution in [2.24, 2.45) is 0 Å². The van der Waals surface area contributed by atoms with E-state index in [0.29, 0.717) is 6.42 Å². The summed E-state index contributed by atoms with van der Waals surface area (Å²) in [6.45, 7) is 4.99. The summed E-state index contributed by atoms with van der Waals surface area (Å²) in [5, 5.41) is 0. The molecule has 0 spiro atoms. The minimum Gasteiger partial charge on any atom is -0.344 e. The predicted octanol–water partition coefficient (Wildman–Crippen LogP) is 1.70. The summed E-state index contributed by atoms with van der Waals surface area (Å²) in [5.41, 5.74) is 0. The van der Waals surface area contributed by atoms with E-state index in [0.717, 1.165) is 31.6 Å². The second kappa shape index (κ2) is 5.11. The number of hydrogen-bond acceptors (Lipinski definition) is 3. The highest BCUT2D eigenvalue weighted by Gasteiger charge is 2.53. The second-order valence-electron chi connectivity index (χ2n) is 5.38. The van der Waals surface area contributed by atoms with E-state index < -0.39 is 0 Å². The number of thioether (sulfide) groups is 1. The first-order valence-electron chi connectivity index (χ1n) is 6.70. The quantitative estimate of drug-likeness (QED) is 0.780. The molecule has 102 valence electrons. The third-order valence-electron chi connectivity index (χ3n) is 3.95. The van der Waals surface area contributed by atoms with Gasteiger partial charge < -0.3 is 9.80 Å². The van der Waals surface area contributed by atoms with E-state index in [-0.39, 0.29) is 22.7 Å². The Morgan fingerprint density at radius 1 is 1.61 bits per heavy atom. The van der Waals surface area contributed by atoms with Gasteiger partial charge >= 0.3 is 0 Å². The van der Waals surface area contributed by atoms with Crippen molar-refractivity contribution in [1.29, 1.82) is 0 Å². The largest absolute Gasteiger partial charge is 0.344 e. The molecule has 5 heteroatoms. The lowest BCUT2D eigenvalue weighted by Gasteiger charge is -2.31. The predicted molar refractivity (Wildman–Crippen MR) is 73.3 cm³/mol. The van der Waals surface area contributed by atoms with Gasteiger partial charge in [0.15, 0.2) is 0 Å². The molecule has 2 saturated heterocycles. The molecule has 2 heterocycles. The van der Waals surface area contributed by atoms with Gasteiger partial charge in [-0.25, -0.2) is 0 Å². The first kappa shape index (κ1) is 13.7. The van der Waals surface area contributed by atoms with Gasteiger partial charge in [-0.15, -0.1) is 11.8 Å². The van der Waals surface area contributed by atoms with Crippen molar-refractivity contribution in [2.45, 2.75) is 50.4 Å². The van der Waals surface area contributed by atoms with Gasteiger partial charge in [-0.3, -0.25) is 9.59 Å². The topological polar surface area (TPSA) is 40.6 Å². The number of nitrogens with zero attached hydrogens (tertiary/aromatic N) is 2. The van der Waals surface area contributed by atoms with Crippen LogP contribution in [0.2, 0.25) is 0 Å². The molecule has 0 saturated carbocycles. The Hall–Kier alpha value is -0.710. The van der Waals surface area contributed by atoms with Crippen molar-refractivity contribution >= 4 is 23.6 Å². The van der Waals surface area contributed by atoms with Crippen LogP contribution in [0.4, 0.5) is 0 Å². The van der Waals surface area contributed by atoms with Crippen LogP contribution in [0.25, 0.3) is 0 Å². The fraction of sp³-hybridized carbons (Fsp3) is 0.846. The maximum Gasteiger partial charge on any atom is 0.246 e. The van der Waals surface area contributed by atoms with Crippen molar-refractivity contribution < 1.29 is 9.59 Å². The lowest BCUT2D eigenvalue weighted by atomic mass is 10.2. The number of carbonyl (C=O) groups excluding carboxylic acids is 2. The van der Waals surface area contributed by atoms with E-state index in [4.69, 9.17) is 0 Å². The third-order valence-corrected chi connectivity index (χ3v) is 5.46. The fourth-order valence-corrected chi connectivity index (χ4v) is 4.19. The van der Waals surface area contributed by atoms with Crippen molar-refractivity contribution in [3.05, 3.63) is 0 Å². The second-order valence-corrected chi connectivity index (χ2v) is 6.88. The number of likely N-dealkylation sites (N-methyl/N-ethyl adjacent to an activating group) is 1. The number of amides is 2. The molecule has 2 amide bonds. The van der Waals surface area contributed by atoms with E-state index in [1.54, 1.807) is 16.7 Å². The van der Waals surface area contributed by atoms with Gasteiger partial charge in [0, 0.05) is 25.8 Å². The SMILES string of the molecule is CCCCN(C)C(=O)C1CSC2(C)CCC(=O)N12. The molecule has 2 fully saturated rings. The highest BCUT2D eigenvalue weighted by Crippen LogP contribution is 2.47. The van der Waals surface area contributed by atoms with E-state index in [1.165, 1.54) is 0 Å². The van der Waals surface area contributed by atoms with Gasteiger partial charge in [0.2, 0.25) is 11.8 Å². The van der Waals surface area contributed by atoms with Crippen LogP contribution < -0.4 is 0 Å². The van der Waals surface area contributed by atoms with Crippen LogP contribution >= 0.6 is 11.8 Å². The van der Waals surface area contributed by atoms with E-state index in [1.807, 2.05) is 11.9 Å². The monoisotopic (exact) mass is 270 g/mol. The molecule has 2 atom stereocenters. The zero-order chi connectivity index (χ0) is 13.3. The molecular formula is C13H22N2O2S. The van der Waals surface area contributed by atoms with Gasteiger partial charge in [0.25, 0.3) is 0 Å². The summed E-state index contributed by atoms with van der Waals surface area (Å²) < 4.78 is 0. The van der Waals surface area contributed by atoms with Crippen LogP contribution in [0.5, 0.6) is 0 Å². The third kappa shape index (κ3) is 2.25. The Morgan fingerprint density at radius 3 is 3.00 bits per heavy atom. The molecule has 0 aromatic carbocycles. The van der Waals surface area contributed by atoms with Crippen LogP contribution in [0.15, 0.2) is 0 Å². The molecule has 0 aliphatic carbocycles. The summed E-state index contributed by atoms with van der Waals surface area (Å²) in [4.78, 5) is 27.8. The van der Waals surface area contributed by atoms with E-state index in [9.17, 15) is 9.59 Å². The highest BCUT2D eigenvalue weighted by atomic mass is 32.2. The Labute approximate surface area is 113 Å². The van der Waals surface area contributed by atoms with Crippen LogP contribution in [0, 0.1) is 0 Å². The summed E-state index contributed by atoms with van der Waals surface area (Å²) in [6, 6.07) is -0.239. The molecule has 0 aromatic heterocycles. The average Bonchev–Trinajstić information content (AvgIpc) is 2.83. The van der Waals surface area contributed by atoms with Gasteiger partial charge in [-0.1, -0.05) is 13.3 Å². The first-order chi connectivity index (χ1) is 8.49. The molecule has 0 N–H and O–H groups in total. The molecule has 2 aliphatic rings. The number of carbonyl (C=O) groups is 2. The molecule has 4 nitrogen and oxygen atoms in total. The van der Waals surface area contributed by atoms with E-state index in [2.05, 4.69) is 13.8 Å². The lowest BCUT2D eigenvalue weighted by Crippen LogP contribution is -2.50. The molecule has 2 rings (SSSR count). The molecule has 0 radical (unpaired) electrons. The smallest absolute Gasteiger partial charge is 0.246 e. The molecule has 0 bridgehead atoms. The average molecular weight is 270 g/mol. The molecule has 0 aromatic rings. The van der Waals surface area contributed by atoms with Gasteiger partial charge in [-0.2, -0.15) is 0 Å². The highest BCUT2D eigenvalue weighted by molar-refractivity contribution is 8.01. The van der Waals surface area contributed by atoms with Crippen LogP contribution in [0.3, 0.4) is 0 Å². The number of fused-ring (bicyclic) bond motifs is 1. The van der Waals surface area contributed by atoms with Crippen molar-refractivity contribution in [3.63, 3.8) is 0 Å². The summed E-state index contributed by atoms with van der Waals surface area (Å²) in [7, 11) is 1.85. The maximum atomic E-state index is 12.4. The zero-order valence-corrected chi connectivity index (χ0v) is 12.3. The maximum absolute atomic E-state index is 12.4. The number of unbranched alkanes of at least 4 members (excludes halogenated alkanes) is 1. The Morgan fingerprint density at radius 2 is 2.33 bits per heavy atom. The molecular weight excluding hydrogens is 248 g/mol. The van der Waals surface area contributed by atoms with Gasteiger partial charge in [-0.05, 0) is 19.8 Å². The number of hydrogen-bond donors (Lipinski definition) is 0. The lowest BCUT2D eigenvalue weighted by molar-refractivity contribution is -0.142. The Bertz CT molecular complexity index is 361. The fourth-order valence-electron chi connectivity index (χ4n) is 2.76. The molecule has 2 unspecified atom stereocenters. The summed E-state index contributed by atoms with van der Waals surface area (Å²) >= 11 is 1.75. The standard InChI is InChI=1S/C13H22N2O2S/c1-4-5-8-14(3)12(17)10-9-18-13(2)7-6-11(16)15(10)13/h10H,4-9H2,1-3H3. The summed E-state index contributed by atoms with van der Waals surface area (Å²) in [5.74, 6) is 0.997. The van der Waals surface area contributed by atoms with Crippen LogP contribution in [0.1, 0.15) is 39.5 Å².